The lowest BCUT2D eigenvalue weighted by atomic mass is 9.97. The highest BCUT2D eigenvalue weighted by atomic mass is 16.5. The molecule has 3 rings (SSSR count). The number of likely N-dealkylation sites (tertiary alicyclic amines) is 1. The number of nitrogens with zero attached hydrogens (tertiary/aromatic N) is 5. The zero-order chi connectivity index (χ0) is 16.2. The Morgan fingerprint density at radius 3 is 2.83 bits per heavy atom. The third-order valence-corrected chi connectivity index (χ3v) is 4.78. The number of hydrogen-bond acceptors (Lipinski definition) is 6. The molecule has 2 aliphatic rings. The summed E-state index contributed by atoms with van der Waals surface area (Å²) in [4.78, 5) is 16.0. The van der Waals surface area contributed by atoms with E-state index in [1.54, 1.807) is 0 Å². The van der Waals surface area contributed by atoms with Gasteiger partial charge in [0, 0.05) is 39.1 Å². The fraction of sp³-hybridized carbons (Fsp3) is 0.800. The summed E-state index contributed by atoms with van der Waals surface area (Å²) in [5, 5.41) is 8.79. The number of aromatic nitrogens is 3. The number of hydrogen-bond donors (Lipinski definition) is 1. The van der Waals surface area contributed by atoms with Crippen LogP contribution in [0.4, 0.5) is 0 Å². The van der Waals surface area contributed by atoms with Gasteiger partial charge in [-0.15, -0.1) is 10.2 Å². The molecular weight excluding hydrogens is 296 g/mol. The number of rotatable bonds is 4. The summed E-state index contributed by atoms with van der Waals surface area (Å²) in [5.41, 5.74) is 5.49. The van der Waals surface area contributed by atoms with Crippen molar-refractivity contribution in [3.63, 3.8) is 0 Å². The Labute approximate surface area is 136 Å². The maximum atomic E-state index is 11.8. The molecule has 1 atom stereocenters. The van der Waals surface area contributed by atoms with Gasteiger partial charge in [0.25, 0.3) is 0 Å². The van der Waals surface area contributed by atoms with E-state index in [4.69, 9.17) is 10.5 Å². The average Bonchev–Trinajstić information content (AvgIpc) is 2.96. The average molecular weight is 322 g/mol. The van der Waals surface area contributed by atoms with Crippen LogP contribution in [0.15, 0.2) is 0 Å². The Kier molecular flexibility index (Phi) is 5.24. The number of nitrogens with two attached hydrogens (primary N) is 1. The van der Waals surface area contributed by atoms with Gasteiger partial charge in [-0.1, -0.05) is 0 Å². The second kappa shape index (κ2) is 7.37. The Bertz CT molecular complexity index is 540. The van der Waals surface area contributed by atoms with Crippen LogP contribution < -0.4 is 5.73 Å². The molecule has 1 aromatic heterocycles. The van der Waals surface area contributed by atoms with Gasteiger partial charge in [0.2, 0.25) is 5.91 Å². The smallest absolute Gasteiger partial charge is 0.236 e. The van der Waals surface area contributed by atoms with Crippen molar-refractivity contribution in [3.05, 3.63) is 11.6 Å². The van der Waals surface area contributed by atoms with Crippen molar-refractivity contribution < 1.29 is 9.53 Å². The summed E-state index contributed by atoms with van der Waals surface area (Å²) in [6, 6.07) is 0. The Hall–Kier alpha value is -1.51. The highest BCUT2D eigenvalue weighted by Crippen LogP contribution is 2.26. The molecule has 0 bridgehead atoms. The first-order valence-corrected chi connectivity index (χ1v) is 8.35. The molecule has 2 saturated heterocycles. The first kappa shape index (κ1) is 16.4. The van der Waals surface area contributed by atoms with Crippen molar-refractivity contribution in [1.82, 2.24) is 24.6 Å². The lowest BCUT2D eigenvalue weighted by molar-refractivity contribution is -0.130. The largest absolute Gasteiger partial charge is 0.379 e. The van der Waals surface area contributed by atoms with Crippen LogP contribution in [0, 0.1) is 0 Å². The molecule has 0 aromatic carbocycles. The molecule has 3 heterocycles. The molecule has 1 aromatic rings. The van der Waals surface area contributed by atoms with E-state index in [1.807, 2.05) is 11.9 Å². The van der Waals surface area contributed by atoms with Crippen LogP contribution in [0.5, 0.6) is 0 Å². The Balaban J connectivity index is 1.67. The van der Waals surface area contributed by atoms with Crippen LogP contribution in [-0.2, 0) is 23.1 Å². The number of carbonyl (C=O) groups excluding carboxylic acids is 1. The van der Waals surface area contributed by atoms with Gasteiger partial charge in [0.05, 0.1) is 26.3 Å². The maximum Gasteiger partial charge on any atom is 0.236 e. The van der Waals surface area contributed by atoms with Gasteiger partial charge in [-0.25, -0.2) is 0 Å². The minimum atomic E-state index is 0.0189. The predicted octanol–water partition coefficient (Wildman–Crippen LogP) is -0.688. The molecule has 23 heavy (non-hydrogen) atoms. The normalized spacial score (nSPS) is 23.2. The maximum absolute atomic E-state index is 11.8. The van der Waals surface area contributed by atoms with E-state index in [1.165, 1.54) is 0 Å². The highest BCUT2D eigenvalue weighted by molar-refractivity contribution is 5.78. The van der Waals surface area contributed by atoms with Gasteiger partial charge in [-0.2, -0.15) is 0 Å². The molecule has 0 radical (unpaired) electrons. The molecule has 0 saturated carbocycles. The van der Waals surface area contributed by atoms with E-state index in [0.29, 0.717) is 6.54 Å². The summed E-state index contributed by atoms with van der Waals surface area (Å²) in [7, 11) is 2.02. The number of carbonyl (C=O) groups is 1. The molecule has 0 unspecified atom stereocenters. The Morgan fingerprint density at radius 2 is 2.09 bits per heavy atom. The second-order valence-electron chi connectivity index (χ2n) is 6.30. The second-order valence-corrected chi connectivity index (χ2v) is 6.30. The number of ether oxygens (including phenoxy) is 1. The van der Waals surface area contributed by atoms with Crippen molar-refractivity contribution in [1.29, 1.82) is 0 Å². The first-order valence-electron chi connectivity index (χ1n) is 8.35. The van der Waals surface area contributed by atoms with E-state index in [0.717, 1.165) is 63.9 Å². The van der Waals surface area contributed by atoms with Crippen molar-refractivity contribution in [2.45, 2.75) is 25.3 Å². The van der Waals surface area contributed by atoms with E-state index in [2.05, 4.69) is 19.7 Å². The minimum absolute atomic E-state index is 0.0189. The van der Waals surface area contributed by atoms with E-state index in [-0.39, 0.29) is 18.4 Å². The predicted molar refractivity (Wildman–Crippen MR) is 84.7 cm³/mol. The van der Waals surface area contributed by atoms with Crippen LogP contribution in [0.2, 0.25) is 0 Å². The topological polar surface area (TPSA) is 89.5 Å². The highest BCUT2D eigenvalue weighted by Gasteiger charge is 2.28. The zero-order valence-electron chi connectivity index (χ0n) is 13.8. The van der Waals surface area contributed by atoms with Gasteiger partial charge >= 0.3 is 0 Å². The standard InChI is InChI=1S/C15H26N6O2/c1-19-13(11-20-5-7-23-8-6-20)17-18-15(19)12-3-2-4-21(10-12)14(22)9-16/h12H,2-11,16H2,1H3/t12-/m1/s1. The monoisotopic (exact) mass is 322 g/mol. The zero-order valence-corrected chi connectivity index (χ0v) is 13.8. The van der Waals surface area contributed by atoms with Gasteiger partial charge in [0.1, 0.15) is 11.6 Å². The SMILES string of the molecule is Cn1c(CN2CCOCC2)nnc1[C@@H]1CCCN(C(=O)CN)C1. The summed E-state index contributed by atoms with van der Waals surface area (Å²) in [6.45, 7) is 5.80. The van der Waals surface area contributed by atoms with Crippen molar-refractivity contribution >= 4 is 5.91 Å². The fourth-order valence-corrected chi connectivity index (χ4v) is 3.37. The first-order chi connectivity index (χ1) is 11.2. The lowest BCUT2D eigenvalue weighted by Crippen LogP contribution is -2.42. The van der Waals surface area contributed by atoms with E-state index in [9.17, 15) is 4.79 Å². The molecule has 0 spiro atoms. The van der Waals surface area contributed by atoms with Crippen LogP contribution >= 0.6 is 0 Å². The fourth-order valence-electron chi connectivity index (χ4n) is 3.37. The van der Waals surface area contributed by atoms with Crippen molar-refractivity contribution in [2.24, 2.45) is 12.8 Å². The molecule has 8 nitrogen and oxygen atoms in total. The molecule has 0 aliphatic carbocycles. The summed E-state index contributed by atoms with van der Waals surface area (Å²) >= 11 is 0. The van der Waals surface area contributed by atoms with Crippen LogP contribution in [-0.4, -0.2) is 76.4 Å². The summed E-state index contributed by atoms with van der Waals surface area (Å²) in [5.74, 6) is 2.22. The molecule has 2 fully saturated rings. The quantitative estimate of drug-likeness (QED) is 0.789. The summed E-state index contributed by atoms with van der Waals surface area (Å²) in [6.07, 6.45) is 2.03. The lowest BCUT2D eigenvalue weighted by Gasteiger charge is -2.32. The number of amides is 1. The minimum Gasteiger partial charge on any atom is -0.379 e. The van der Waals surface area contributed by atoms with Crippen LogP contribution in [0.25, 0.3) is 0 Å². The third-order valence-electron chi connectivity index (χ3n) is 4.78. The van der Waals surface area contributed by atoms with E-state index >= 15 is 0 Å². The Morgan fingerprint density at radius 1 is 1.30 bits per heavy atom. The van der Waals surface area contributed by atoms with Gasteiger partial charge in [-0.05, 0) is 12.8 Å². The molecule has 2 N–H and O–H groups in total. The summed E-state index contributed by atoms with van der Waals surface area (Å²) < 4.78 is 7.47. The van der Waals surface area contributed by atoms with Gasteiger partial charge in [-0.3, -0.25) is 9.69 Å². The van der Waals surface area contributed by atoms with Gasteiger partial charge < -0.3 is 19.9 Å². The van der Waals surface area contributed by atoms with Gasteiger partial charge in [0.15, 0.2) is 0 Å². The molecule has 1 amide bonds. The van der Waals surface area contributed by atoms with Crippen LogP contribution in [0.1, 0.15) is 30.4 Å². The molecule has 2 aliphatic heterocycles. The van der Waals surface area contributed by atoms with Crippen molar-refractivity contribution in [2.75, 3.05) is 45.9 Å². The van der Waals surface area contributed by atoms with Crippen molar-refractivity contribution in [3.8, 4) is 0 Å². The molecule has 8 heteroatoms. The third kappa shape index (κ3) is 3.70. The van der Waals surface area contributed by atoms with Crippen LogP contribution in [0.3, 0.4) is 0 Å². The number of morpholine rings is 1. The molecular formula is C15H26N6O2. The number of piperidine rings is 1. The molecule has 128 valence electrons. The van der Waals surface area contributed by atoms with E-state index < -0.39 is 0 Å².